The third kappa shape index (κ3) is 4.75. The smallest absolute Gasteiger partial charge is 0.169 e. The van der Waals surface area contributed by atoms with Crippen molar-refractivity contribution in [2.24, 2.45) is 0 Å². The Bertz CT molecular complexity index is 730. The van der Waals surface area contributed by atoms with Crippen molar-refractivity contribution in [2.75, 3.05) is 20.1 Å². The Morgan fingerprint density at radius 2 is 2.20 bits per heavy atom. The lowest BCUT2D eigenvalue weighted by molar-refractivity contribution is 0.102. The van der Waals surface area contributed by atoms with Crippen molar-refractivity contribution in [3.63, 3.8) is 0 Å². The van der Waals surface area contributed by atoms with Gasteiger partial charge in [0.2, 0.25) is 0 Å². The van der Waals surface area contributed by atoms with Crippen molar-refractivity contribution in [1.82, 2.24) is 9.80 Å². The van der Waals surface area contributed by atoms with Gasteiger partial charge in [0.05, 0.1) is 4.88 Å². The number of rotatable bonds is 6. The summed E-state index contributed by atoms with van der Waals surface area (Å²) in [6, 6.07) is 9.50. The van der Waals surface area contributed by atoms with Crippen LogP contribution in [0.15, 0.2) is 35.7 Å². The van der Waals surface area contributed by atoms with Gasteiger partial charge >= 0.3 is 0 Å². The molecule has 1 saturated heterocycles. The number of piperidine rings is 1. The Morgan fingerprint density at radius 3 is 2.92 bits per heavy atom. The fraction of sp³-hybridized carbons (Fsp3) is 0.450. The molecule has 3 nitrogen and oxygen atoms in total. The lowest BCUT2D eigenvalue weighted by Crippen LogP contribution is -2.45. The van der Waals surface area contributed by atoms with Gasteiger partial charge in [-0.3, -0.25) is 14.6 Å². The van der Waals surface area contributed by atoms with Crippen LogP contribution in [-0.2, 0) is 13.1 Å². The summed E-state index contributed by atoms with van der Waals surface area (Å²) in [6.45, 7) is 5.10. The number of carbonyl (C=O) groups is 1. The molecule has 1 aromatic carbocycles. The van der Waals surface area contributed by atoms with Crippen LogP contribution >= 0.6 is 11.3 Å². The molecule has 1 aliphatic rings. The number of thiophene rings is 1. The van der Waals surface area contributed by atoms with Gasteiger partial charge in [0.25, 0.3) is 0 Å². The maximum atomic E-state index is 13.9. The summed E-state index contributed by atoms with van der Waals surface area (Å²) in [7, 11) is 2.14. The number of hydrogen-bond donors (Lipinski definition) is 0. The second-order valence-electron chi connectivity index (χ2n) is 6.91. The largest absolute Gasteiger partial charge is 0.298 e. The van der Waals surface area contributed by atoms with Gasteiger partial charge in [-0.05, 0) is 56.4 Å². The van der Waals surface area contributed by atoms with Crippen molar-refractivity contribution in [1.29, 1.82) is 0 Å². The Hall–Kier alpha value is -1.56. The van der Waals surface area contributed by atoms with E-state index >= 15 is 0 Å². The molecular weight excluding hydrogens is 335 g/mol. The minimum atomic E-state index is -0.118. The fourth-order valence-electron chi connectivity index (χ4n) is 3.46. The number of likely N-dealkylation sites (tertiary alicyclic amines) is 1. The van der Waals surface area contributed by atoms with Crippen LogP contribution in [0.2, 0.25) is 0 Å². The van der Waals surface area contributed by atoms with Crippen LogP contribution in [0.5, 0.6) is 0 Å². The third-order valence-electron chi connectivity index (χ3n) is 4.89. The molecule has 0 aliphatic carbocycles. The van der Waals surface area contributed by atoms with Crippen LogP contribution in [-0.4, -0.2) is 41.8 Å². The summed E-state index contributed by atoms with van der Waals surface area (Å²) in [5, 5.41) is 2.08. The molecule has 1 unspecified atom stereocenters. The highest BCUT2D eigenvalue weighted by atomic mass is 32.1. The topological polar surface area (TPSA) is 23.6 Å². The number of ketones is 1. The van der Waals surface area contributed by atoms with Crippen LogP contribution in [0.25, 0.3) is 0 Å². The number of Topliss-reactive ketones (excluding diaryl/α,β-unsaturated/α-hetero) is 1. The first-order valence-corrected chi connectivity index (χ1v) is 9.65. The van der Waals surface area contributed by atoms with Crippen LogP contribution in [0.1, 0.15) is 40.6 Å². The van der Waals surface area contributed by atoms with E-state index in [1.807, 2.05) is 18.2 Å². The first-order valence-electron chi connectivity index (χ1n) is 8.77. The van der Waals surface area contributed by atoms with E-state index in [9.17, 15) is 9.18 Å². The summed E-state index contributed by atoms with van der Waals surface area (Å²) in [5.41, 5.74) is 1.97. The van der Waals surface area contributed by atoms with Crippen molar-refractivity contribution >= 4 is 17.1 Å². The lowest BCUT2D eigenvalue weighted by atomic mass is 10.0. The van der Waals surface area contributed by atoms with Gasteiger partial charge in [-0.1, -0.05) is 18.2 Å². The van der Waals surface area contributed by atoms with Gasteiger partial charge in [-0.2, -0.15) is 0 Å². The zero-order chi connectivity index (χ0) is 17.8. The summed E-state index contributed by atoms with van der Waals surface area (Å²) >= 11 is 1.52. The van der Waals surface area contributed by atoms with Gasteiger partial charge in [0.1, 0.15) is 5.82 Å². The minimum Gasteiger partial charge on any atom is -0.298 e. The molecule has 25 heavy (non-hydrogen) atoms. The van der Waals surface area contributed by atoms with Gasteiger partial charge in [0, 0.05) is 31.2 Å². The van der Waals surface area contributed by atoms with E-state index in [1.165, 1.54) is 23.0 Å². The quantitative estimate of drug-likeness (QED) is 0.722. The Morgan fingerprint density at radius 1 is 1.40 bits per heavy atom. The van der Waals surface area contributed by atoms with E-state index in [1.54, 1.807) is 13.0 Å². The van der Waals surface area contributed by atoms with E-state index in [0.717, 1.165) is 42.9 Å². The molecule has 2 aromatic rings. The normalized spacial score (nSPS) is 18.6. The first-order chi connectivity index (χ1) is 12.0. The molecular formula is C20H25FN2OS. The number of halogens is 1. The second-order valence-corrected chi connectivity index (χ2v) is 7.82. The van der Waals surface area contributed by atoms with E-state index in [-0.39, 0.29) is 11.6 Å². The second kappa shape index (κ2) is 8.21. The Balaban J connectivity index is 1.58. The number of likely N-dealkylation sites (N-methyl/N-ethyl adjacent to an activating group) is 1. The van der Waals surface area contributed by atoms with E-state index in [2.05, 4.69) is 22.2 Å². The molecule has 0 radical (unpaired) electrons. The van der Waals surface area contributed by atoms with Crippen LogP contribution in [0.3, 0.4) is 0 Å². The molecule has 1 aromatic heterocycles. The molecule has 0 saturated carbocycles. The number of benzene rings is 1. The third-order valence-corrected chi connectivity index (χ3v) is 5.97. The van der Waals surface area contributed by atoms with Crippen molar-refractivity contribution < 1.29 is 9.18 Å². The Kier molecular flexibility index (Phi) is 5.99. The summed E-state index contributed by atoms with van der Waals surface area (Å²) in [4.78, 5) is 17.0. The average molecular weight is 360 g/mol. The van der Waals surface area contributed by atoms with Gasteiger partial charge in [-0.15, -0.1) is 11.3 Å². The minimum absolute atomic E-state index is 0.118. The molecule has 2 heterocycles. The number of nitrogens with zero attached hydrogens (tertiary/aromatic N) is 2. The van der Waals surface area contributed by atoms with Crippen LogP contribution in [0, 0.1) is 5.82 Å². The van der Waals surface area contributed by atoms with Gasteiger partial charge < -0.3 is 0 Å². The molecule has 5 heteroatoms. The van der Waals surface area contributed by atoms with Crippen molar-refractivity contribution in [3.05, 3.63) is 57.5 Å². The lowest BCUT2D eigenvalue weighted by Gasteiger charge is -2.37. The molecule has 1 aliphatic heterocycles. The molecule has 0 bridgehead atoms. The van der Waals surface area contributed by atoms with E-state index < -0.39 is 0 Å². The van der Waals surface area contributed by atoms with E-state index in [4.69, 9.17) is 0 Å². The van der Waals surface area contributed by atoms with Gasteiger partial charge in [-0.25, -0.2) is 4.39 Å². The molecule has 0 amide bonds. The van der Waals surface area contributed by atoms with Crippen LogP contribution in [0.4, 0.5) is 4.39 Å². The van der Waals surface area contributed by atoms with Crippen molar-refractivity contribution in [3.8, 4) is 0 Å². The molecule has 0 N–H and O–H groups in total. The highest BCUT2D eigenvalue weighted by Crippen LogP contribution is 2.22. The number of carbonyl (C=O) groups excluding carboxylic acids is 1. The first kappa shape index (κ1) is 18.2. The summed E-state index contributed by atoms with van der Waals surface area (Å²) < 4.78 is 13.9. The zero-order valence-corrected chi connectivity index (χ0v) is 15.7. The molecule has 1 atom stereocenters. The molecule has 0 spiro atoms. The predicted octanol–water partition coefficient (Wildman–Crippen LogP) is 4.19. The SMILES string of the molecule is CC(=O)c1cc(CN(C)C2CCCN(Cc3ccccc3F)C2)cs1. The van der Waals surface area contributed by atoms with Crippen LogP contribution < -0.4 is 0 Å². The predicted molar refractivity (Wildman–Crippen MR) is 100 cm³/mol. The molecule has 1 fully saturated rings. The number of hydrogen-bond acceptors (Lipinski definition) is 4. The Labute approximate surface area is 153 Å². The summed E-state index contributed by atoms with van der Waals surface area (Å²) in [6.07, 6.45) is 2.29. The standard InChI is InChI=1S/C20H25FN2OS/c1-15(24)20-10-16(14-25-20)11-22(2)18-7-5-9-23(13-18)12-17-6-3-4-8-19(17)21/h3-4,6,8,10,14,18H,5,7,9,11-13H2,1-2H3. The maximum Gasteiger partial charge on any atom is 0.169 e. The molecule has 3 rings (SSSR count). The van der Waals surface area contributed by atoms with Gasteiger partial charge in [0.15, 0.2) is 5.78 Å². The highest BCUT2D eigenvalue weighted by molar-refractivity contribution is 7.12. The van der Waals surface area contributed by atoms with Crippen molar-refractivity contribution in [2.45, 2.75) is 38.9 Å². The fourth-order valence-corrected chi connectivity index (χ4v) is 4.27. The van der Waals surface area contributed by atoms with E-state index in [0.29, 0.717) is 12.6 Å². The monoisotopic (exact) mass is 360 g/mol. The maximum absolute atomic E-state index is 13.9. The summed E-state index contributed by atoms with van der Waals surface area (Å²) in [5.74, 6) is 0.0145. The highest BCUT2D eigenvalue weighted by Gasteiger charge is 2.24. The average Bonchev–Trinajstić information content (AvgIpc) is 3.06. The molecule has 134 valence electrons. The zero-order valence-electron chi connectivity index (χ0n) is 14.9.